The normalized spacial score (nSPS) is 28.9. The molecule has 0 aliphatic carbocycles. The van der Waals surface area contributed by atoms with Gasteiger partial charge in [-0.1, -0.05) is 12.1 Å². The second-order valence-corrected chi connectivity index (χ2v) is 6.62. The van der Waals surface area contributed by atoms with Gasteiger partial charge in [0.2, 0.25) is 0 Å². The minimum Gasteiger partial charge on any atom is -0.308 e. The number of hydrogen-bond donors (Lipinski definition) is 1. The van der Waals surface area contributed by atoms with Crippen molar-refractivity contribution in [3.63, 3.8) is 0 Å². The summed E-state index contributed by atoms with van der Waals surface area (Å²) in [5.74, 6) is -0.298. The maximum absolute atomic E-state index is 13.0. The average Bonchev–Trinajstić information content (AvgIpc) is 2.22. The highest BCUT2D eigenvalue weighted by molar-refractivity contribution is 7.92. The molecule has 3 nitrogen and oxygen atoms in total. The fourth-order valence-corrected chi connectivity index (χ4v) is 3.28. The van der Waals surface area contributed by atoms with E-state index < -0.39 is 9.84 Å². The molecule has 88 valence electrons. The SMILES string of the molecule is CC1CNC(c2cccc(F)c2)CS1(=O)=O. The molecule has 0 aromatic heterocycles. The summed E-state index contributed by atoms with van der Waals surface area (Å²) in [5.41, 5.74) is 0.690. The quantitative estimate of drug-likeness (QED) is 0.808. The molecule has 1 aromatic rings. The first kappa shape index (κ1) is 11.5. The molecule has 2 rings (SSSR count). The van der Waals surface area contributed by atoms with Crippen molar-refractivity contribution >= 4 is 9.84 Å². The maximum atomic E-state index is 13.0. The van der Waals surface area contributed by atoms with Crippen molar-refractivity contribution in [2.24, 2.45) is 0 Å². The predicted molar refractivity (Wildman–Crippen MR) is 60.4 cm³/mol. The maximum Gasteiger partial charge on any atom is 0.156 e. The molecule has 1 aliphatic heterocycles. The van der Waals surface area contributed by atoms with Crippen LogP contribution in [0.3, 0.4) is 0 Å². The standard InChI is InChI=1S/C11H14FNO2S/c1-8-6-13-11(7-16(8,14)15)9-3-2-4-10(12)5-9/h2-5,8,11,13H,6-7H2,1H3. The van der Waals surface area contributed by atoms with Crippen LogP contribution in [0.25, 0.3) is 0 Å². The van der Waals surface area contributed by atoms with E-state index in [0.29, 0.717) is 12.1 Å². The van der Waals surface area contributed by atoms with Crippen LogP contribution >= 0.6 is 0 Å². The van der Waals surface area contributed by atoms with E-state index in [9.17, 15) is 12.8 Å². The highest BCUT2D eigenvalue weighted by Gasteiger charge is 2.31. The van der Waals surface area contributed by atoms with Crippen LogP contribution in [0.15, 0.2) is 24.3 Å². The van der Waals surface area contributed by atoms with Crippen molar-refractivity contribution in [3.05, 3.63) is 35.6 Å². The van der Waals surface area contributed by atoms with E-state index in [1.807, 2.05) is 0 Å². The lowest BCUT2D eigenvalue weighted by Gasteiger charge is -2.28. The molecule has 0 saturated carbocycles. The Morgan fingerprint density at radius 3 is 2.81 bits per heavy atom. The number of benzene rings is 1. The molecule has 2 atom stereocenters. The van der Waals surface area contributed by atoms with E-state index in [2.05, 4.69) is 5.32 Å². The van der Waals surface area contributed by atoms with Crippen molar-refractivity contribution in [3.8, 4) is 0 Å². The number of nitrogens with one attached hydrogen (secondary N) is 1. The molecule has 1 N–H and O–H groups in total. The van der Waals surface area contributed by atoms with Gasteiger partial charge in [0.05, 0.1) is 11.0 Å². The molecule has 0 bridgehead atoms. The Morgan fingerprint density at radius 1 is 1.44 bits per heavy atom. The van der Waals surface area contributed by atoms with Gasteiger partial charge in [-0.25, -0.2) is 12.8 Å². The van der Waals surface area contributed by atoms with Gasteiger partial charge >= 0.3 is 0 Å². The Kier molecular flexibility index (Phi) is 2.99. The molecule has 0 amide bonds. The lowest BCUT2D eigenvalue weighted by atomic mass is 10.1. The lowest BCUT2D eigenvalue weighted by Crippen LogP contribution is -2.44. The van der Waals surface area contributed by atoms with Crippen LogP contribution in [0, 0.1) is 5.82 Å². The summed E-state index contributed by atoms with van der Waals surface area (Å²) in [4.78, 5) is 0. The summed E-state index contributed by atoms with van der Waals surface area (Å²) in [7, 11) is -3.06. The average molecular weight is 243 g/mol. The fraction of sp³-hybridized carbons (Fsp3) is 0.455. The number of rotatable bonds is 1. The second-order valence-electron chi connectivity index (χ2n) is 4.16. The van der Waals surface area contributed by atoms with Gasteiger partial charge in [-0.2, -0.15) is 0 Å². The fourth-order valence-electron chi connectivity index (χ4n) is 1.83. The molecule has 1 aromatic carbocycles. The second kappa shape index (κ2) is 4.14. The molecule has 0 radical (unpaired) electrons. The van der Waals surface area contributed by atoms with E-state index in [1.54, 1.807) is 19.1 Å². The highest BCUT2D eigenvalue weighted by atomic mass is 32.2. The van der Waals surface area contributed by atoms with Crippen LogP contribution in [0.2, 0.25) is 0 Å². The molecule has 1 fully saturated rings. The minimum atomic E-state index is -3.06. The van der Waals surface area contributed by atoms with Crippen LogP contribution < -0.4 is 5.32 Å². The molecule has 1 saturated heterocycles. The predicted octanol–water partition coefficient (Wildman–Crippen LogP) is 1.27. The van der Waals surface area contributed by atoms with Crippen LogP contribution in [0.4, 0.5) is 4.39 Å². The Balaban J connectivity index is 2.25. The van der Waals surface area contributed by atoms with E-state index in [4.69, 9.17) is 0 Å². The summed E-state index contributed by atoms with van der Waals surface area (Å²) in [6.45, 7) is 2.10. The third kappa shape index (κ3) is 2.25. The zero-order chi connectivity index (χ0) is 11.8. The summed E-state index contributed by atoms with van der Waals surface area (Å²) in [6.07, 6.45) is 0. The molecular weight excluding hydrogens is 229 g/mol. The molecule has 16 heavy (non-hydrogen) atoms. The molecule has 1 heterocycles. The van der Waals surface area contributed by atoms with Gasteiger partial charge < -0.3 is 5.32 Å². The van der Waals surface area contributed by atoms with Gasteiger partial charge in [0, 0.05) is 12.6 Å². The Hall–Kier alpha value is -0.940. The first-order valence-corrected chi connectivity index (χ1v) is 6.91. The largest absolute Gasteiger partial charge is 0.308 e. The number of sulfone groups is 1. The summed E-state index contributed by atoms with van der Waals surface area (Å²) in [5, 5.41) is 2.76. The molecular formula is C11H14FNO2S. The van der Waals surface area contributed by atoms with Gasteiger partial charge in [0.25, 0.3) is 0 Å². The van der Waals surface area contributed by atoms with Crippen LogP contribution in [-0.2, 0) is 9.84 Å². The third-order valence-corrected chi connectivity index (χ3v) is 5.11. The Labute approximate surface area is 94.6 Å². The van der Waals surface area contributed by atoms with Crippen molar-refractivity contribution in [1.82, 2.24) is 5.32 Å². The van der Waals surface area contributed by atoms with Gasteiger partial charge in [0.15, 0.2) is 9.84 Å². The summed E-state index contributed by atoms with van der Waals surface area (Å²) >= 11 is 0. The Bertz CT molecular complexity index is 487. The molecule has 0 spiro atoms. The summed E-state index contributed by atoms with van der Waals surface area (Å²) < 4.78 is 36.4. The van der Waals surface area contributed by atoms with E-state index >= 15 is 0 Å². The monoisotopic (exact) mass is 243 g/mol. The van der Waals surface area contributed by atoms with Crippen molar-refractivity contribution in [2.75, 3.05) is 12.3 Å². The van der Waals surface area contributed by atoms with Crippen LogP contribution in [0.1, 0.15) is 18.5 Å². The third-order valence-electron chi connectivity index (χ3n) is 2.91. The molecule has 2 unspecified atom stereocenters. The van der Waals surface area contributed by atoms with E-state index in [-0.39, 0.29) is 22.9 Å². The topological polar surface area (TPSA) is 46.2 Å². The highest BCUT2D eigenvalue weighted by Crippen LogP contribution is 2.22. The van der Waals surface area contributed by atoms with Crippen LogP contribution in [0.5, 0.6) is 0 Å². The molecule has 5 heteroatoms. The number of halogens is 1. The van der Waals surface area contributed by atoms with E-state index in [1.165, 1.54) is 12.1 Å². The first-order chi connectivity index (χ1) is 7.49. The number of hydrogen-bond acceptors (Lipinski definition) is 3. The Morgan fingerprint density at radius 2 is 2.19 bits per heavy atom. The van der Waals surface area contributed by atoms with Gasteiger partial charge in [-0.05, 0) is 24.6 Å². The van der Waals surface area contributed by atoms with Crippen molar-refractivity contribution in [2.45, 2.75) is 18.2 Å². The van der Waals surface area contributed by atoms with E-state index in [0.717, 1.165) is 0 Å². The minimum absolute atomic E-state index is 0.0393. The van der Waals surface area contributed by atoms with Gasteiger partial charge in [-0.3, -0.25) is 0 Å². The smallest absolute Gasteiger partial charge is 0.156 e. The van der Waals surface area contributed by atoms with Crippen LogP contribution in [-0.4, -0.2) is 26.0 Å². The van der Waals surface area contributed by atoms with Gasteiger partial charge in [-0.15, -0.1) is 0 Å². The summed E-state index contributed by atoms with van der Waals surface area (Å²) in [6, 6.07) is 5.77. The first-order valence-electron chi connectivity index (χ1n) is 5.19. The van der Waals surface area contributed by atoms with Crippen molar-refractivity contribution in [1.29, 1.82) is 0 Å². The zero-order valence-electron chi connectivity index (χ0n) is 8.98. The lowest BCUT2D eigenvalue weighted by molar-refractivity contribution is 0.500. The van der Waals surface area contributed by atoms with Gasteiger partial charge in [0.1, 0.15) is 5.82 Å². The zero-order valence-corrected chi connectivity index (χ0v) is 9.80. The molecule has 1 aliphatic rings. The van der Waals surface area contributed by atoms with Crippen molar-refractivity contribution < 1.29 is 12.8 Å².